The maximum Gasteiger partial charge on any atom is 0.413 e. The van der Waals surface area contributed by atoms with Gasteiger partial charge in [-0.3, -0.25) is 4.79 Å². The third kappa shape index (κ3) is 12.2. The SMILES string of the molecule is CCC(CNCC(=O)Oc1ccccc1)OC(=O)C(CCCNC(=O)OP)NC(=O)Oc1ccccc1. The van der Waals surface area contributed by atoms with Gasteiger partial charge in [-0.25, -0.2) is 14.4 Å². The smallest absolute Gasteiger partial charge is 0.413 e. The zero-order chi connectivity index (χ0) is 26.9. The van der Waals surface area contributed by atoms with E-state index in [4.69, 9.17) is 14.2 Å². The Kier molecular flexibility index (Phi) is 13.5. The minimum Gasteiger partial charge on any atom is -0.460 e. The zero-order valence-electron chi connectivity index (χ0n) is 20.5. The minimum absolute atomic E-state index is 0.0779. The van der Waals surface area contributed by atoms with Crippen molar-refractivity contribution in [2.75, 3.05) is 19.6 Å². The molecule has 3 unspecified atom stereocenters. The molecule has 12 heteroatoms. The molecular weight excluding hydrogens is 501 g/mol. The van der Waals surface area contributed by atoms with Crippen LogP contribution in [0.15, 0.2) is 60.7 Å². The van der Waals surface area contributed by atoms with Gasteiger partial charge in [0.1, 0.15) is 23.6 Å². The summed E-state index contributed by atoms with van der Waals surface area (Å²) < 4.78 is 20.4. The molecule has 0 aliphatic rings. The lowest BCUT2D eigenvalue weighted by molar-refractivity contribution is -0.151. The van der Waals surface area contributed by atoms with Crippen LogP contribution in [0.2, 0.25) is 0 Å². The predicted molar refractivity (Wildman–Crippen MR) is 138 cm³/mol. The number of benzene rings is 2. The third-order valence-electron chi connectivity index (χ3n) is 4.93. The van der Waals surface area contributed by atoms with Gasteiger partial charge in [0, 0.05) is 13.1 Å². The number of esters is 2. The predicted octanol–water partition coefficient (Wildman–Crippen LogP) is 2.96. The van der Waals surface area contributed by atoms with E-state index in [1.54, 1.807) is 54.6 Å². The van der Waals surface area contributed by atoms with Crippen LogP contribution in [0, 0.1) is 0 Å². The largest absolute Gasteiger partial charge is 0.460 e. The summed E-state index contributed by atoms with van der Waals surface area (Å²) in [4.78, 5) is 48.5. The first-order chi connectivity index (χ1) is 17.9. The van der Waals surface area contributed by atoms with Crippen LogP contribution >= 0.6 is 9.47 Å². The van der Waals surface area contributed by atoms with E-state index in [-0.39, 0.29) is 26.1 Å². The molecule has 0 radical (unpaired) electrons. The fourth-order valence-electron chi connectivity index (χ4n) is 3.06. The molecule has 0 aliphatic heterocycles. The van der Waals surface area contributed by atoms with Gasteiger partial charge in [0.15, 0.2) is 0 Å². The molecule has 0 fully saturated rings. The fraction of sp³-hybridized carbons (Fsp3) is 0.360. The van der Waals surface area contributed by atoms with Gasteiger partial charge in [-0.2, -0.15) is 0 Å². The molecule has 11 nitrogen and oxygen atoms in total. The lowest BCUT2D eigenvalue weighted by Gasteiger charge is -2.22. The van der Waals surface area contributed by atoms with Crippen molar-refractivity contribution in [3.63, 3.8) is 0 Å². The maximum atomic E-state index is 12.9. The van der Waals surface area contributed by atoms with E-state index >= 15 is 0 Å². The van der Waals surface area contributed by atoms with Gasteiger partial charge in [-0.15, -0.1) is 0 Å². The van der Waals surface area contributed by atoms with Crippen LogP contribution in [0.25, 0.3) is 0 Å². The zero-order valence-corrected chi connectivity index (χ0v) is 21.7. The number of hydrogen-bond donors (Lipinski definition) is 3. The first-order valence-corrected chi connectivity index (χ1v) is 12.2. The topological polar surface area (TPSA) is 141 Å². The maximum absolute atomic E-state index is 12.9. The molecule has 0 aliphatic carbocycles. The second-order valence-corrected chi connectivity index (χ2v) is 7.99. The first-order valence-electron chi connectivity index (χ1n) is 11.8. The molecule has 0 bridgehead atoms. The molecule has 2 amide bonds. The van der Waals surface area contributed by atoms with Gasteiger partial charge in [0.05, 0.1) is 16.0 Å². The Labute approximate surface area is 217 Å². The van der Waals surface area contributed by atoms with Crippen LogP contribution in [-0.2, 0) is 18.8 Å². The van der Waals surface area contributed by atoms with E-state index in [2.05, 4.69) is 20.5 Å². The van der Waals surface area contributed by atoms with Crippen molar-refractivity contribution in [2.45, 2.75) is 38.3 Å². The van der Waals surface area contributed by atoms with E-state index in [1.807, 2.05) is 22.5 Å². The van der Waals surface area contributed by atoms with E-state index in [0.717, 1.165) is 0 Å². The van der Waals surface area contributed by atoms with Gasteiger partial charge in [-0.1, -0.05) is 43.3 Å². The number of rotatable bonds is 14. The number of amides is 2. The normalized spacial score (nSPS) is 11.9. The molecule has 0 saturated heterocycles. The molecule has 0 heterocycles. The summed E-state index contributed by atoms with van der Waals surface area (Å²) in [7, 11) is 1.83. The highest BCUT2D eigenvalue weighted by Crippen LogP contribution is 2.11. The van der Waals surface area contributed by atoms with Crippen LogP contribution < -0.4 is 25.4 Å². The van der Waals surface area contributed by atoms with Crippen molar-refractivity contribution in [2.24, 2.45) is 0 Å². The first kappa shape index (κ1) is 29.5. The second kappa shape index (κ2) is 16.9. The molecule has 2 rings (SSSR count). The van der Waals surface area contributed by atoms with Crippen LogP contribution in [0.3, 0.4) is 0 Å². The van der Waals surface area contributed by atoms with Gasteiger partial charge < -0.3 is 34.7 Å². The molecule has 0 saturated carbocycles. The monoisotopic (exact) mass is 533 g/mol. The summed E-state index contributed by atoms with van der Waals surface area (Å²) in [6.45, 7) is 2.17. The summed E-state index contributed by atoms with van der Waals surface area (Å²) >= 11 is 0. The van der Waals surface area contributed by atoms with Gasteiger partial charge in [-0.05, 0) is 43.5 Å². The van der Waals surface area contributed by atoms with Gasteiger partial charge >= 0.3 is 24.1 Å². The number of ether oxygens (including phenoxy) is 3. The van der Waals surface area contributed by atoms with Crippen molar-refractivity contribution in [1.82, 2.24) is 16.0 Å². The number of para-hydroxylation sites is 2. The summed E-state index contributed by atoms with van der Waals surface area (Å²) in [5.41, 5.74) is 0. The van der Waals surface area contributed by atoms with Crippen molar-refractivity contribution in [1.29, 1.82) is 0 Å². The minimum atomic E-state index is -1.03. The number of carbonyl (C=O) groups excluding carboxylic acids is 4. The summed E-state index contributed by atoms with van der Waals surface area (Å²) in [6.07, 6.45) is -1.02. The molecule has 37 heavy (non-hydrogen) atoms. The lowest BCUT2D eigenvalue weighted by atomic mass is 10.1. The Hall–Kier alpha value is -3.69. The van der Waals surface area contributed by atoms with Crippen LogP contribution in [0.4, 0.5) is 9.59 Å². The van der Waals surface area contributed by atoms with Crippen LogP contribution in [-0.4, -0.2) is 55.9 Å². The van der Waals surface area contributed by atoms with Gasteiger partial charge in [0.25, 0.3) is 0 Å². The Balaban J connectivity index is 1.87. The van der Waals surface area contributed by atoms with Crippen molar-refractivity contribution in [3.8, 4) is 11.5 Å². The molecule has 200 valence electrons. The van der Waals surface area contributed by atoms with Crippen molar-refractivity contribution < 1.29 is 37.9 Å². The highest BCUT2D eigenvalue weighted by molar-refractivity contribution is 7.10. The van der Waals surface area contributed by atoms with Gasteiger partial charge in [0.2, 0.25) is 0 Å². The average Bonchev–Trinajstić information content (AvgIpc) is 2.90. The Morgan fingerprint density at radius 2 is 1.51 bits per heavy atom. The summed E-state index contributed by atoms with van der Waals surface area (Å²) in [5, 5.41) is 7.93. The molecule has 0 aromatic heterocycles. The van der Waals surface area contributed by atoms with E-state index in [0.29, 0.717) is 24.3 Å². The quantitative estimate of drug-likeness (QED) is 0.145. The Morgan fingerprint density at radius 3 is 2.11 bits per heavy atom. The Bertz CT molecular complexity index is 994. The molecule has 3 atom stereocenters. The number of nitrogens with one attached hydrogen (secondary N) is 3. The highest BCUT2D eigenvalue weighted by atomic mass is 31.0. The van der Waals surface area contributed by atoms with Crippen LogP contribution in [0.5, 0.6) is 11.5 Å². The van der Waals surface area contributed by atoms with E-state index in [9.17, 15) is 19.2 Å². The second-order valence-electron chi connectivity index (χ2n) is 7.76. The van der Waals surface area contributed by atoms with Crippen molar-refractivity contribution >= 4 is 33.6 Å². The number of carbonyl (C=O) groups is 4. The lowest BCUT2D eigenvalue weighted by Crippen LogP contribution is -2.45. The van der Waals surface area contributed by atoms with E-state index in [1.165, 1.54) is 0 Å². The number of hydrogen-bond acceptors (Lipinski definition) is 9. The third-order valence-corrected chi connectivity index (χ3v) is 5.14. The van der Waals surface area contributed by atoms with Crippen LogP contribution in [0.1, 0.15) is 26.2 Å². The Morgan fingerprint density at radius 1 is 0.892 bits per heavy atom. The molecule has 2 aromatic carbocycles. The average molecular weight is 534 g/mol. The fourth-order valence-corrected chi connectivity index (χ4v) is 3.14. The molecule has 3 N–H and O–H groups in total. The highest BCUT2D eigenvalue weighted by Gasteiger charge is 2.25. The molecular formula is C25H32N3O8P. The summed E-state index contributed by atoms with van der Waals surface area (Å²) in [6, 6.07) is 16.0. The standard InChI is InChI=1S/C25H32N3O8P/c1-2-18(16-26-17-22(29)33-19-10-5-3-6-11-19)34-23(30)21(14-9-15-27-24(31)36-37)28-25(32)35-20-12-7-4-8-13-20/h3-8,10-13,18,21,26H,2,9,14-17,37H2,1H3,(H,27,31)(H,28,32). The van der Waals surface area contributed by atoms with E-state index < -0.39 is 36.3 Å². The van der Waals surface area contributed by atoms with Crippen molar-refractivity contribution in [3.05, 3.63) is 60.7 Å². The molecule has 0 spiro atoms. The summed E-state index contributed by atoms with van der Waals surface area (Å²) in [5.74, 6) is -0.397. The molecule has 2 aromatic rings.